The topological polar surface area (TPSA) is 72.9 Å². The van der Waals surface area contributed by atoms with Gasteiger partial charge in [0.1, 0.15) is 5.82 Å². The molecule has 0 saturated heterocycles. The Labute approximate surface area is 142 Å². The van der Waals surface area contributed by atoms with Crippen LogP contribution in [0.25, 0.3) is 5.69 Å². The van der Waals surface area contributed by atoms with Crippen molar-refractivity contribution in [3.05, 3.63) is 42.1 Å². The SMILES string of the molecule is Cc1ccccc1-n1nccc1NC(=O)[C@@H]1CCC[C@@H]1CN.Cl. The molecule has 1 fully saturated rings. The van der Waals surface area contributed by atoms with Gasteiger partial charge in [-0.3, -0.25) is 4.79 Å². The highest BCUT2D eigenvalue weighted by molar-refractivity contribution is 5.92. The lowest BCUT2D eigenvalue weighted by Crippen LogP contribution is -2.30. The van der Waals surface area contributed by atoms with E-state index in [1.165, 1.54) is 0 Å². The number of nitrogens with zero attached hydrogens (tertiary/aromatic N) is 2. The first kappa shape index (κ1) is 17.5. The summed E-state index contributed by atoms with van der Waals surface area (Å²) in [5.74, 6) is 1.09. The molecule has 0 spiro atoms. The number of hydrogen-bond donors (Lipinski definition) is 2. The van der Waals surface area contributed by atoms with Gasteiger partial charge in [0.15, 0.2) is 0 Å². The van der Waals surface area contributed by atoms with E-state index >= 15 is 0 Å². The summed E-state index contributed by atoms with van der Waals surface area (Å²) in [5.41, 5.74) is 7.87. The molecule has 0 unspecified atom stereocenters. The van der Waals surface area contributed by atoms with Gasteiger partial charge in [-0.1, -0.05) is 24.6 Å². The molecule has 3 rings (SSSR count). The number of halogens is 1. The predicted octanol–water partition coefficient (Wildman–Crippen LogP) is 2.92. The Balaban J connectivity index is 0.00000192. The fraction of sp³-hybridized carbons (Fsp3) is 0.412. The van der Waals surface area contributed by atoms with E-state index in [1.54, 1.807) is 10.9 Å². The van der Waals surface area contributed by atoms with Crippen molar-refractivity contribution in [1.82, 2.24) is 9.78 Å². The van der Waals surface area contributed by atoms with E-state index in [0.717, 1.165) is 30.5 Å². The number of nitrogens with two attached hydrogens (primary N) is 1. The molecule has 6 heteroatoms. The minimum absolute atomic E-state index is 0. The lowest BCUT2D eigenvalue weighted by atomic mass is 9.95. The van der Waals surface area contributed by atoms with Crippen LogP contribution in [-0.4, -0.2) is 22.2 Å². The molecule has 2 aromatic rings. The van der Waals surface area contributed by atoms with Gasteiger partial charge >= 0.3 is 0 Å². The van der Waals surface area contributed by atoms with Crippen LogP contribution < -0.4 is 11.1 Å². The molecule has 5 nitrogen and oxygen atoms in total. The summed E-state index contributed by atoms with van der Waals surface area (Å²) >= 11 is 0. The fourth-order valence-corrected chi connectivity index (χ4v) is 3.27. The van der Waals surface area contributed by atoms with Crippen molar-refractivity contribution in [3.8, 4) is 5.69 Å². The maximum Gasteiger partial charge on any atom is 0.228 e. The van der Waals surface area contributed by atoms with E-state index in [-0.39, 0.29) is 24.2 Å². The molecule has 1 amide bonds. The van der Waals surface area contributed by atoms with E-state index in [2.05, 4.69) is 10.4 Å². The zero-order valence-electron chi connectivity index (χ0n) is 13.2. The van der Waals surface area contributed by atoms with Crippen LogP contribution >= 0.6 is 12.4 Å². The first-order chi connectivity index (χ1) is 10.7. The Morgan fingerprint density at radius 1 is 1.35 bits per heavy atom. The summed E-state index contributed by atoms with van der Waals surface area (Å²) in [6.45, 7) is 2.61. The van der Waals surface area contributed by atoms with Gasteiger partial charge in [0.25, 0.3) is 0 Å². The van der Waals surface area contributed by atoms with Crippen LogP contribution in [0.3, 0.4) is 0 Å². The van der Waals surface area contributed by atoms with Gasteiger partial charge < -0.3 is 11.1 Å². The summed E-state index contributed by atoms with van der Waals surface area (Å²) < 4.78 is 1.78. The number of aromatic nitrogens is 2. The van der Waals surface area contributed by atoms with Crippen LogP contribution in [0.2, 0.25) is 0 Å². The molecule has 3 N–H and O–H groups in total. The normalized spacial score (nSPS) is 20.1. The lowest BCUT2D eigenvalue weighted by molar-refractivity contribution is -0.120. The maximum absolute atomic E-state index is 12.5. The third-order valence-electron chi connectivity index (χ3n) is 4.54. The van der Waals surface area contributed by atoms with Crippen molar-refractivity contribution in [2.45, 2.75) is 26.2 Å². The van der Waals surface area contributed by atoms with E-state index in [1.807, 2.05) is 37.3 Å². The molecule has 1 aliphatic rings. The molecular formula is C17H23ClN4O. The van der Waals surface area contributed by atoms with Crippen molar-refractivity contribution in [1.29, 1.82) is 0 Å². The first-order valence-electron chi connectivity index (χ1n) is 7.81. The monoisotopic (exact) mass is 334 g/mol. The molecule has 1 aromatic heterocycles. The average Bonchev–Trinajstić information content (AvgIpc) is 3.16. The molecule has 0 bridgehead atoms. The molecule has 1 heterocycles. The second kappa shape index (κ2) is 7.62. The molecule has 1 saturated carbocycles. The van der Waals surface area contributed by atoms with Crippen LogP contribution in [0.1, 0.15) is 24.8 Å². The van der Waals surface area contributed by atoms with E-state index < -0.39 is 0 Å². The summed E-state index contributed by atoms with van der Waals surface area (Å²) in [6.07, 6.45) is 4.76. The number of para-hydroxylation sites is 1. The number of anilines is 1. The number of rotatable bonds is 4. The summed E-state index contributed by atoms with van der Waals surface area (Å²) in [6, 6.07) is 9.82. The number of aryl methyl sites for hydroxylation is 1. The number of benzene rings is 1. The summed E-state index contributed by atoms with van der Waals surface area (Å²) in [5, 5.41) is 7.37. The van der Waals surface area contributed by atoms with E-state index in [9.17, 15) is 4.79 Å². The van der Waals surface area contributed by atoms with Crippen molar-refractivity contribution < 1.29 is 4.79 Å². The van der Waals surface area contributed by atoms with Gasteiger partial charge in [-0.05, 0) is 43.9 Å². The molecule has 1 aliphatic carbocycles. The molecule has 2 atom stereocenters. The Bertz CT molecular complexity index is 670. The zero-order chi connectivity index (χ0) is 15.5. The predicted molar refractivity (Wildman–Crippen MR) is 94.1 cm³/mol. The largest absolute Gasteiger partial charge is 0.330 e. The minimum atomic E-state index is 0. The third kappa shape index (κ3) is 3.57. The molecule has 0 radical (unpaired) electrons. The van der Waals surface area contributed by atoms with Gasteiger partial charge in [0.05, 0.1) is 11.9 Å². The second-order valence-electron chi connectivity index (χ2n) is 5.94. The van der Waals surface area contributed by atoms with Gasteiger partial charge in [-0.2, -0.15) is 5.10 Å². The van der Waals surface area contributed by atoms with Gasteiger partial charge in [-0.15, -0.1) is 12.4 Å². The Hall–Kier alpha value is -1.85. The van der Waals surface area contributed by atoms with E-state index in [0.29, 0.717) is 18.3 Å². The Kier molecular flexibility index (Phi) is 5.80. The van der Waals surface area contributed by atoms with Gasteiger partial charge in [0.2, 0.25) is 5.91 Å². The molecule has 124 valence electrons. The maximum atomic E-state index is 12.5. The van der Waals surface area contributed by atoms with Crippen molar-refractivity contribution in [2.75, 3.05) is 11.9 Å². The van der Waals surface area contributed by atoms with Crippen molar-refractivity contribution >= 4 is 24.1 Å². The molecule has 23 heavy (non-hydrogen) atoms. The van der Waals surface area contributed by atoms with Gasteiger partial charge in [0, 0.05) is 12.0 Å². The Morgan fingerprint density at radius 3 is 2.87 bits per heavy atom. The Morgan fingerprint density at radius 2 is 2.13 bits per heavy atom. The summed E-state index contributed by atoms with van der Waals surface area (Å²) in [7, 11) is 0. The first-order valence-corrected chi connectivity index (χ1v) is 7.81. The molecular weight excluding hydrogens is 312 g/mol. The van der Waals surface area contributed by atoms with Gasteiger partial charge in [-0.25, -0.2) is 4.68 Å². The highest BCUT2D eigenvalue weighted by atomic mass is 35.5. The average molecular weight is 335 g/mol. The van der Waals surface area contributed by atoms with Crippen LogP contribution in [0.5, 0.6) is 0 Å². The number of amides is 1. The third-order valence-corrected chi connectivity index (χ3v) is 4.54. The highest BCUT2D eigenvalue weighted by Crippen LogP contribution is 2.32. The fourth-order valence-electron chi connectivity index (χ4n) is 3.27. The van der Waals surface area contributed by atoms with Crippen LogP contribution in [-0.2, 0) is 4.79 Å². The second-order valence-corrected chi connectivity index (χ2v) is 5.94. The molecule has 0 aliphatic heterocycles. The number of carbonyl (C=O) groups is 1. The van der Waals surface area contributed by atoms with E-state index in [4.69, 9.17) is 5.73 Å². The number of nitrogens with one attached hydrogen (secondary N) is 1. The minimum Gasteiger partial charge on any atom is -0.330 e. The quantitative estimate of drug-likeness (QED) is 0.903. The number of hydrogen-bond acceptors (Lipinski definition) is 3. The van der Waals surface area contributed by atoms with Crippen LogP contribution in [0.4, 0.5) is 5.82 Å². The molecule has 1 aromatic carbocycles. The van der Waals surface area contributed by atoms with Crippen LogP contribution in [0.15, 0.2) is 36.5 Å². The standard InChI is InChI=1S/C17H22N4O.ClH/c1-12-5-2-3-8-15(12)21-16(9-10-19-21)20-17(22)14-7-4-6-13(14)11-18;/h2-3,5,8-10,13-14H,4,6-7,11,18H2,1H3,(H,20,22);1H/t13-,14-;/m1./s1. The lowest BCUT2D eigenvalue weighted by Gasteiger charge is -2.18. The number of carbonyl (C=O) groups excluding carboxylic acids is 1. The summed E-state index contributed by atoms with van der Waals surface area (Å²) in [4.78, 5) is 12.5. The zero-order valence-corrected chi connectivity index (χ0v) is 14.1. The van der Waals surface area contributed by atoms with Crippen molar-refractivity contribution in [2.24, 2.45) is 17.6 Å². The van der Waals surface area contributed by atoms with Crippen molar-refractivity contribution in [3.63, 3.8) is 0 Å². The van der Waals surface area contributed by atoms with Crippen LogP contribution in [0, 0.1) is 18.8 Å². The highest BCUT2D eigenvalue weighted by Gasteiger charge is 2.32. The smallest absolute Gasteiger partial charge is 0.228 e.